The van der Waals surface area contributed by atoms with Gasteiger partial charge in [0.2, 0.25) is 5.69 Å². The van der Waals surface area contributed by atoms with Crippen LogP contribution >= 0.6 is 0 Å². The van der Waals surface area contributed by atoms with Crippen LogP contribution in [0, 0.1) is 6.92 Å². The fraction of sp³-hybridized carbons (Fsp3) is 0.278. The minimum absolute atomic E-state index is 0.125. The van der Waals surface area contributed by atoms with Crippen LogP contribution in [-0.2, 0) is 16.1 Å². The Labute approximate surface area is 130 Å². The third-order valence-electron chi connectivity index (χ3n) is 3.74. The van der Waals surface area contributed by atoms with Crippen LogP contribution in [0.4, 0.5) is 0 Å². The van der Waals surface area contributed by atoms with Crippen molar-refractivity contribution in [3.05, 3.63) is 65.0 Å². The third kappa shape index (κ3) is 3.03. The van der Waals surface area contributed by atoms with Gasteiger partial charge in [-0.2, -0.15) is 0 Å². The van der Waals surface area contributed by atoms with Crippen LogP contribution in [0.3, 0.4) is 0 Å². The first-order valence-corrected chi connectivity index (χ1v) is 7.38. The van der Waals surface area contributed by atoms with Gasteiger partial charge in [0, 0.05) is 6.92 Å². The summed E-state index contributed by atoms with van der Waals surface area (Å²) in [5, 5.41) is 10.2. The average Bonchev–Trinajstić information content (AvgIpc) is 2.93. The van der Waals surface area contributed by atoms with Crippen LogP contribution in [0.5, 0.6) is 5.75 Å². The minimum Gasteiger partial charge on any atom is -0.502 e. The van der Waals surface area contributed by atoms with E-state index < -0.39 is 6.29 Å². The molecule has 1 aromatic carbocycles. The van der Waals surface area contributed by atoms with Gasteiger partial charge >= 0.3 is 0 Å². The van der Waals surface area contributed by atoms with Gasteiger partial charge in [0.15, 0.2) is 18.2 Å². The molecule has 1 aromatic heterocycles. The second kappa shape index (κ2) is 6.30. The Balaban J connectivity index is 1.71. The van der Waals surface area contributed by atoms with E-state index in [0.717, 1.165) is 16.7 Å². The molecule has 0 bridgehead atoms. The van der Waals surface area contributed by atoms with E-state index in [1.807, 2.05) is 62.5 Å². The molecule has 4 heteroatoms. The molecule has 2 heterocycles. The molecule has 2 aromatic rings. The van der Waals surface area contributed by atoms with Gasteiger partial charge in [0.1, 0.15) is 0 Å². The molecule has 2 atom stereocenters. The van der Waals surface area contributed by atoms with E-state index in [0.29, 0.717) is 12.3 Å². The third-order valence-corrected chi connectivity index (χ3v) is 3.74. The standard InChI is InChI=1S/C18H19NO3/c1-12(8-9-14-6-4-3-5-7-14)22-18-16-15(11-21-18)10-19-13(2)17(16)20/h3-10,12,18,20H,11H2,1-2H3/p+1/b9-8+. The van der Waals surface area contributed by atoms with Crippen molar-refractivity contribution in [1.29, 1.82) is 0 Å². The molecule has 0 saturated heterocycles. The fourth-order valence-corrected chi connectivity index (χ4v) is 2.49. The monoisotopic (exact) mass is 298 g/mol. The molecule has 1 aliphatic rings. The number of hydrogen-bond donors (Lipinski definition) is 1. The number of aromatic nitrogens is 1. The Morgan fingerprint density at radius 3 is 2.91 bits per heavy atom. The van der Waals surface area contributed by atoms with E-state index >= 15 is 0 Å². The summed E-state index contributed by atoms with van der Waals surface area (Å²) < 4.78 is 11.6. The number of fused-ring (bicyclic) bond motifs is 1. The molecule has 0 amide bonds. The summed E-state index contributed by atoms with van der Waals surface area (Å²) in [7, 11) is 0. The minimum atomic E-state index is -0.529. The quantitative estimate of drug-likeness (QED) is 0.943. The molecule has 0 aliphatic carbocycles. The molecule has 0 saturated carbocycles. The maximum atomic E-state index is 10.2. The van der Waals surface area contributed by atoms with E-state index in [2.05, 4.69) is 4.98 Å². The van der Waals surface area contributed by atoms with E-state index in [1.54, 1.807) is 0 Å². The topological polar surface area (TPSA) is 52.8 Å². The smallest absolute Gasteiger partial charge is 0.219 e. The largest absolute Gasteiger partial charge is 0.502 e. The molecule has 2 N–H and O–H groups in total. The lowest BCUT2D eigenvalue weighted by Gasteiger charge is -2.16. The van der Waals surface area contributed by atoms with Crippen molar-refractivity contribution in [1.82, 2.24) is 0 Å². The van der Waals surface area contributed by atoms with Crippen LogP contribution < -0.4 is 4.98 Å². The Kier molecular flexibility index (Phi) is 4.22. The highest BCUT2D eigenvalue weighted by atomic mass is 16.7. The Hall–Kier alpha value is -2.17. The van der Waals surface area contributed by atoms with Crippen LogP contribution in [0.25, 0.3) is 6.08 Å². The molecule has 0 radical (unpaired) electrons. The van der Waals surface area contributed by atoms with Crippen LogP contribution in [0.1, 0.15) is 35.6 Å². The number of aryl methyl sites for hydroxylation is 1. The van der Waals surface area contributed by atoms with Crippen molar-refractivity contribution >= 4 is 6.08 Å². The van der Waals surface area contributed by atoms with Crippen molar-refractivity contribution in [3.8, 4) is 5.75 Å². The highest BCUT2D eigenvalue weighted by molar-refractivity contribution is 5.49. The van der Waals surface area contributed by atoms with Gasteiger partial charge in [0.05, 0.1) is 23.8 Å². The molecule has 2 unspecified atom stereocenters. The number of pyridine rings is 1. The van der Waals surface area contributed by atoms with Crippen molar-refractivity contribution in [2.24, 2.45) is 0 Å². The SMILES string of the molecule is Cc1[nH+]cc2c(c1O)C(OC(C)/C=C/c1ccccc1)OC2. The fourth-order valence-electron chi connectivity index (χ4n) is 2.49. The maximum Gasteiger partial charge on any atom is 0.219 e. The zero-order valence-electron chi connectivity index (χ0n) is 12.7. The van der Waals surface area contributed by atoms with E-state index in [9.17, 15) is 5.11 Å². The second-order valence-corrected chi connectivity index (χ2v) is 5.46. The summed E-state index contributed by atoms with van der Waals surface area (Å²) in [5.74, 6) is 0.222. The van der Waals surface area contributed by atoms with Crippen molar-refractivity contribution in [2.75, 3.05) is 0 Å². The van der Waals surface area contributed by atoms with Crippen LogP contribution in [0.2, 0.25) is 0 Å². The van der Waals surface area contributed by atoms with E-state index in [4.69, 9.17) is 9.47 Å². The van der Waals surface area contributed by atoms with Crippen LogP contribution in [0.15, 0.2) is 42.6 Å². The lowest BCUT2D eigenvalue weighted by atomic mass is 10.1. The Bertz CT molecular complexity index is 682. The number of ether oxygens (including phenoxy) is 2. The molecule has 1 aliphatic heterocycles. The second-order valence-electron chi connectivity index (χ2n) is 5.46. The van der Waals surface area contributed by atoms with Gasteiger partial charge < -0.3 is 14.6 Å². The first-order chi connectivity index (χ1) is 10.6. The molecule has 4 nitrogen and oxygen atoms in total. The number of H-pyrrole nitrogens is 1. The summed E-state index contributed by atoms with van der Waals surface area (Å²) in [5.41, 5.74) is 3.51. The number of hydrogen-bond acceptors (Lipinski definition) is 3. The number of aromatic amines is 1. The number of rotatable bonds is 4. The zero-order valence-corrected chi connectivity index (χ0v) is 12.7. The predicted molar refractivity (Wildman–Crippen MR) is 83.0 cm³/mol. The lowest BCUT2D eigenvalue weighted by Crippen LogP contribution is -2.13. The first kappa shape index (κ1) is 14.8. The number of nitrogens with one attached hydrogen (secondary N) is 1. The Morgan fingerprint density at radius 2 is 2.14 bits per heavy atom. The first-order valence-electron chi connectivity index (χ1n) is 7.38. The molecular weight excluding hydrogens is 278 g/mol. The summed E-state index contributed by atoms with van der Waals surface area (Å²) in [6.45, 7) is 4.23. The normalized spacial score (nSPS) is 18.5. The average molecular weight is 298 g/mol. The predicted octanol–water partition coefficient (Wildman–Crippen LogP) is 3.16. The maximum absolute atomic E-state index is 10.2. The number of aromatic hydroxyl groups is 1. The molecule has 22 heavy (non-hydrogen) atoms. The Morgan fingerprint density at radius 1 is 1.36 bits per heavy atom. The van der Waals surface area contributed by atoms with Gasteiger partial charge in [-0.25, -0.2) is 4.98 Å². The molecule has 114 valence electrons. The van der Waals surface area contributed by atoms with Crippen molar-refractivity contribution < 1.29 is 19.6 Å². The van der Waals surface area contributed by atoms with E-state index in [1.165, 1.54) is 0 Å². The van der Waals surface area contributed by atoms with Crippen LogP contribution in [-0.4, -0.2) is 11.2 Å². The molecule has 0 fully saturated rings. The lowest BCUT2D eigenvalue weighted by molar-refractivity contribution is -0.389. The summed E-state index contributed by atoms with van der Waals surface area (Å²) in [4.78, 5) is 3.02. The number of benzene rings is 1. The molecule has 3 rings (SSSR count). The molecular formula is C18H20NO3+. The van der Waals surface area contributed by atoms with Crippen molar-refractivity contribution in [2.45, 2.75) is 32.8 Å². The van der Waals surface area contributed by atoms with Gasteiger partial charge in [-0.1, -0.05) is 42.5 Å². The highest BCUT2D eigenvalue weighted by Crippen LogP contribution is 2.38. The van der Waals surface area contributed by atoms with Gasteiger partial charge in [-0.05, 0) is 12.5 Å². The van der Waals surface area contributed by atoms with E-state index in [-0.39, 0.29) is 11.9 Å². The van der Waals surface area contributed by atoms with Gasteiger partial charge in [-0.3, -0.25) is 0 Å². The van der Waals surface area contributed by atoms with Gasteiger partial charge in [0.25, 0.3) is 0 Å². The van der Waals surface area contributed by atoms with Crippen molar-refractivity contribution in [3.63, 3.8) is 0 Å². The summed E-state index contributed by atoms with van der Waals surface area (Å²) >= 11 is 0. The van der Waals surface area contributed by atoms with Gasteiger partial charge in [-0.15, -0.1) is 0 Å². The summed E-state index contributed by atoms with van der Waals surface area (Å²) in [6.07, 6.45) is 5.21. The summed E-state index contributed by atoms with van der Waals surface area (Å²) in [6, 6.07) is 10.1. The zero-order chi connectivity index (χ0) is 15.5. The molecule has 0 spiro atoms. The highest BCUT2D eigenvalue weighted by Gasteiger charge is 2.32.